The first-order valence-corrected chi connectivity index (χ1v) is 21.0. The summed E-state index contributed by atoms with van der Waals surface area (Å²) in [5.41, 5.74) is 8.82. The van der Waals surface area contributed by atoms with Gasteiger partial charge in [-0.1, -0.05) is 67.1 Å². The van der Waals surface area contributed by atoms with Crippen LogP contribution >= 0.6 is 0 Å². The van der Waals surface area contributed by atoms with Crippen molar-refractivity contribution in [2.24, 2.45) is 0 Å². The lowest BCUT2D eigenvalue weighted by Crippen LogP contribution is -2.52. The average molecular weight is 842 g/mol. The van der Waals surface area contributed by atoms with E-state index in [1.807, 2.05) is 59.4 Å². The van der Waals surface area contributed by atoms with Gasteiger partial charge in [-0.05, 0) is 96.0 Å². The van der Waals surface area contributed by atoms with Gasteiger partial charge in [0.25, 0.3) is 11.8 Å². The van der Waals surface area contributed by atoms with Gasteiger partial charge < -0.3 is 25.2 Å². The zero-order chi connectivity index (χ0) is 43.4. The molecule has 0 bridgehead atoms. The third kappa shape index (κ3) is 10.9. The largest absolute Gasteiger partial charge is 0.494 e. The first-order valence-electron chi connectivity index (χ1n) is 21.0. The van der Waals surface area contributed by atoms with Crippen molar-refractivity contribution in [2.45, 2.75) is 84.2 Å². The molecule has 5 N–H and O–H groups in total. The summed E-state index contributed by atoms with van der Waals surface area (Å²) in [7, 11) is 0. The number of hydrogen-bond donors (Lipinski definition) is 5. The number of fused-ring (bicyclic) bond motifs is 1. The van der Waals surface area contributed by atoms with Gasteiger partial charge in [-0.15, -0.1) is 5.10 Å². The maximum Gasteiger partial charge on any atom is 0.322 e. The summed E-state index contributed by atoms with van der Waals surface area (Å²) in [6.45, 7) is 5.78. The third-order valence-corrected chi connectivity index (χ3v) is 11.0. The maximum absolute atomic E-state index is 13.3. The molecule has 0 spiro atoms. The Morgan fingerprint density at radius 3 is 2.40 bits per heavy atom. The van der Waals surface area contributed by atoms with Gasteiger partial charge in [-0.25, -0.2) is 10.3 Å². The summed E-state index contributed by atoms with van der Waals surface area (Å²) in [4.78, 5) is 65.6. The fourth-order valence-electron chi connectivity index (χ4n) is 7.57. The molecule has 16 heteroatoms. The molecule has 4 aromatic carbocycles. The van der Waals surface area contributed by atoms with Crippen molar-refractivity contribution in [3.63, 3.8) is 0 Å². The zero-order valence-corrected chi connectivity index (χ0v) is 34.6. The van der Waals surface area contributed by atoms with Crippen molar-refractivity contribution in [2.75, 3.05) is 18.5 Å². The first kappa shape index (κ1) is 43.2. The maximum atomic E-state index is 13.3. The second-order valence-electron chi connectivity index (χ2n) is 15.4. The van der Waals surface area contributed by atoms with Gasteiger partial charge in [0.2, 0.25) is 11.8 Å². The summed E-state index contributed by atoms with van der Waals surface area (Å²) in [6, 6.07) is 27.0. The number of rotatable bonds is 19. The van der Waals surface area contributed by atoms with E-state index in [-0.39, 0.29) is 24.3 Å². The van der Waals surface area contributed by atoms with Crippen molar-refractivity contribution >= 4 is 35.3 Å². The van der Waals surface area contributed by atoms with E-state index in [0.29, 0.717) is 74.9 Å². The minimum Gasteiger partial charge on any atom is -0.494 e. The Kier molecular flexibility index (Phi) is 14.3. The number of piperidine rings is 1. The summed E-state index contributed by atoms with van der Waals surface area (Å²) < 4.78 is 7.78. The molecule has 6 amide bonds. The number of nitrogens with one attached hydrogen (secondary N) is 4. The Bertz CT molecular complexity index is 2370. The number of nitrogens with zero attached hydrogens (tertiary/aromatic N) is 5. The lowest BCUT2D eigenvalue weighted by Gasteiger charge is -2.29. The van der Waals surface area contributed by atoms with Crippen LogP contribution in [0.2, 0.25) is 0 Å². The van der Waals surface area contributed by atoms with Crippen LogP contribution in [0, 0.1) is 0 Å². The molecular formula is C46H51N9O7. The minimum atomic E-state index is -0.651. The number of aryl methyl sites for hydroxylation is 1. The van der Waals surface area contributed by atoms with E-state index in [1.54, 1.807) is 45.6 Å². The lowest BCUT2D eigenvalue weighted by molar-refractivity contribution is -0.136. The van der Waals surface area contributed by atoms with Gasteiger partial charge in [0.05, 0.1) is 12.3 Å². The minimum absolute atomic E-state index is 0.185. The van der Waals surface area contributed by atoms with Gasteiger partial charge >= 0.3 is 6.03 Å². The molecule has 5 aromatic rings. The van der Waals surface area contributed by atoms with Crippen molar-refractivity contribution in [1.82, 2.24) is 40.9 Å². The quantitative estimate of drug-likeness (QED) is 0.0293. The van der Waals surface area contributed by atoms with Crippen molar-refractivity contribution in [1.29, 1.82) is 0 Å². The summed E-state index contributed by atoms with van der Waals surface area (Å²) in [5, 5.41) is 26.2. The van der Waals surface area contributed by atoms with Crippen LogP contribution in [0.3, 0.4) is 0 Å². The fourth-order valence-corrected chi connectivity index (χ4v) is 7.57. The molecule has 2 aliphatic rings. The number of hydroxylamine groups is 1. The number of urea groups is 1. The highest BCUT2D eigenvalue weighted by atomic mass is 16.5. The smallest absolute Gasteiger partial charge is 0.322 e. The SMILES string of the molecule is CCCCN(Cc1ccc(C(=O)NO)cc1)C(=O)Nc1ccc(OCCCCn2cc(CNCc3ccc(-c4cccc5c4CN(C4CCC(=O)NC4=O)C5=O)cc3)nn2)cc1. The number of unbranched alkanes of at least 4 members (excludes halogenated alkanes) is 2. The van der Waals surface area contributed by atoms with E-state index in [9.17, 15) is 24.0 Å². The number of carbonyl (C=O) groups excluding carboxylic acids is 5. The molecule has 16 nitrogen and oxygen atoms in total. The van der Waals surface area contributed by atoms with E-state index >= 15 is 0 Å². The monoisotopic (exact) mass is 841 g/mol. The van der Waals surface area contributed by atoms with Crippen LogP contribution in [-0.4, -0.2) is 78.9 Å². The van der Waals surface area contributed by atoms with Crippen LogP contribution in [0.1, 0.15) is 88.5 Å². The number of aromatic nitrogens is 3. The standard InChI is InChI=1S/C46H51N9O7/c1-2-3-23-53(28-32-11-15-34(16-12-32)43(57)51-61)46(60)48-35-17-19-37(20-18-35)62-25-5-4-24-54-29-36(50-52-54)27-47-26-31-9-13-33(14-10-31)38-7-6-8-39-40(38)30-55(45(39)59)41-21-22-42(56)49-44(41)58/h6-20,29,41,47,61H,2-5,21-28,30H2,1H3,(H,48,60)(H,51,57)(H,49,56,58). The number of benzene rings is 4. The molecule has 322 valence electrons. The molecule has 0 aliphatic carbocycles. The molecular weight excluding hydrogens is 791 g/mol. The molecule has 1 atom stereocenters. The number of imide groups is 1. The fraction of sp³-hybridized carbons (Fsp3) is 0.326. The van der Waals surface area contributed by atoms with Gasteiger partial charge in [-0.2, -0.15) is 0 Å². The molecule has 2 aliphatic heterocycles. The molecule has 62 heavy (non-hydrogen) atoms. The molecule has 0 saturated carbocycles. The van der Waals surface area contributed by atoms with E-state index < -0.39 is 17.9 Å². The normalized spacial score (nSPS) is 14.6. The molecule has 0 radical (unpaired) electrons. The van der Waals surface area contributed by atoms with Gasteiger partial charge in [0.15, 0.2) is 0 Å². The van der Waals surface area contributed by atoms with Crippen molar-refractivity contribution in [3.8, 4) is 16.9 Å². The number of ether oxygens (including phenoxy) is 1. The van der Waals surface area contributed by atoms with Gasteiger partial charge in [0.1, 0.15) is 11.8 Å². The van der Waals surface area contributed by atoms with Gasteiger partial charge in [-0.3, -0.25) is 34.4 Å². The highest BCUT2D eigenvalue weighted by Gasteiger charge is 2.39. The van der Waals surface area contributed by atoms with E-state index in [0.717, 1.165) is 59.2 Å². The number of anilines is 1. The topological polar surface area (TPSA) is 200 Å². The van der Waals surface area contributed by atoms with Crippen LogP contribution in [-0.2, 0) is 42.3 Å². The van der Waals surface area contributed by atoms with E-state index in [1.165, 1.54) is 0 Å². The Labute approximate surface area is 359 Å². The zero-order valence-electron chi connectivity index (χ0n) is 34.6. The summed E-state index contributed by atoms with van der Waals surface area (Å²) in [5.74, 6) is -0.787. The van der Waals surface area contributed by atoms with Crippen molar-refractivity contribution in [3.05, 3.63) is 131 Å². The highest BCUT2D eigenvalue weighted by Crippen LogP contribution is 2.35. The Morgan fingerprint density at radius 2 is 1.66 bits per heavy atom. The molecule has 1 saturated heterocycles. The van der Waals surface area contributed by atoms with Crippen LogP contribution in [0.15, 0.2) is 97.2 Å². The molecule has 1 fully saturated rings. The lowest BCUT2D eigenvalue weighted by atomic mass is 9.96. The van der Waals surface area contributed by atoms with Crippen LogP contribution in [0.25, 0.3) is 11.1 Å². The molecule has 3 heterocycles. The molecule has 1 unspecified atom stereocenters. The van der Waals surface area contributed by atoms with Crippen LogP contribution < -0.4 is 26.2 Å². The Balaban J connectivity index is 0.801. The first-order chi connectivity index (χ1) is 30.2. The van der Waals surface area contributed by atoms with Crippen molar-refractivity contribution < 1.29 is 33.9 Å². The number of amides is 6. The predicted molar refractivity (Wildman–Crippen MR) is 230 cm³/mol. The van der Waals surface area contributed by atoms with Gasteiger partial charge in [0, 0.05) is 68.7 Å². The Morgan fingerprint density at radius 1 is 0.903 bits per heavy atom. The second-order valence-corrected chi connectivity index (χ2v) is 15.4. The van der Waals surface area contributed by atoms with E-state index in [2.05, 4.69) is 45.3 Å². The molecule has 7 rings (SSSR count). The summed E-state index contributed by atoms with van der Waals surface area (Å²) >= 11 is 0. The van der Waals surface area contributed by atoms with Crippen LogP contribution in [0.4, 0.5) is 10.5 Å². The number of hydrogen-bond acceptors (Lipinski definition) is 10. The van der Waals surface area contributed by atoms with Crippen LogP contribution in [0.5, 0.6) is 5.75 Å². The highest BCUT2D eigenvalue weighted by molar-refractivity contribution is 6.06. The van der Waals surface area contributed by atoms with E-state index in [4.69, 9.17) is 9.94 Å². The predicted octanol–water partition coefficient (Wildman–Crippen LogP) is 5.81. The third-order valence-electron chi connectivity index (χ3n) is 11.0. The average Bonchev–Trinajstić information content (AvgIpc) is 3.89. The summed E-state index contributed by atoms with van der Waals surface area (Å²) in [6.07, 6.45) is 5.95. The number of carbonyl (C=O) groups is 5. The Hall–Kier alpha value is -6.91. The second kappa shape index (κ2) is 20.6. The molecule has 1 aromatic heterocycles.